The molecule has 17 heavy (non-hydrogen) atoms. The van der Waals surface area contributed by atoms with E-state index in [9.17, 15) is 0 Å². The lowest BCUT2D eigenvalue weighted by atomic mass is 10.1. The van der Waals surface area contributed by atoms with Crippen molar-refractivity contribution in [2.75, 3.05) is 32.1 Å². The van der Waals surface area contributed by atoms with Crippen LogP contribution in [0.3, 0.4) is 0 Å². The lowest BCUT2D eigenvalue weighted by Gasteiger charge is -2.08. The van der Waals surface area contributed by atoms with E-state index in [-0.39, 0.29) is 0 Å². The van der Waals surface area contributed by atoms with Gasteiger partial charge in [0.05, 0.1) is 6.61 Å². The second-order valence-corrected chi connectivity index (χ2v) is 6.21. The minimum atomic E-state index is 0.716. The second-order valence-electron chi connectivity index (χ2n) is 4.11. The molecule has 1 aromatic rings. The molecular weight excluding hydrogens is 254 g/mol. The average Bonchev–Trinajstić information content (AvgIpc) is 2.99. The van der Waals surface area contributed by atoms with Crippen molar-refractivity contribution < 1.29 is 4.74 Å². The Bertz CT molecular complexity index is 326. The Morgan fingerprint density at radius 1 is 1.59 bits per heavy atom. The van der Waals surface area contributed by atoms with E-state index in [1.807, 2.05) is 0 Å². The molecule has 0 saturated carbocycles. The van der Waals surface area contributed by atoms with Crippen molar-refractivity contribution in [2.45, 2.75) is 24.1 Å². The lowest BCUT2D eigenvalue weighted by Crippen LogP contribution is -2.25. The van der Waals surface area contributed by atoms with Crippen molar-refractivity contribution in [3.63, 3.8) is 0 Å². The van der Waals surface area contributed by atoms with Gasteiger partial charge in [0.25, 0.3) is 0 Å². The summed E-state index contributed by atoms with van der Waals surface area (Å²) in [5.74, 6) is 2.74. The normalized spacial score (nSPS) is 19.9. The Labute approximate surface area is 111 Å². The van der Waals surface area contributed by atoms with Crippen LogP contribution in [-0.2, 0) is 11.2 Å². The molecule has 0 spiro atoms. The first kappa shape index (κ1) is 13.3. The van der Waals surface area contributed by atoms with Gasteiger partial charge in [0, 0.05) is 31.9 Å². The highest BCUT2D eigenvalue weighted by Gasteiger charge is 2.14. The van der Waals surface area contributed by atoms with Crippen molar-refractivity contribution in [3.8, 4) is 0 Å². The minimum Gasteiger partial charge on any atom is -0.381 e. The number of thioether (sulfide) groups is 1. The highest BCUT2D eigenvalue weighted by Crippen LogP contribution is 2.19. The number of aromatic nitrogens is 2. The Hall–Kier alpha value is -0.170. The average molecular weight is 273 g/mol. The number of nitrogens with zero attached hydrogens (tertiary/aromatic N) is 2. The van der Waals surface area contributed by atoms with Gasteiger partial charge in [-0.15, -0.1) is 0 Å². The van der Waals surface area contributed by atoms with Gasteiger partial charge >= 0.3 is 0 Å². The van der Waals surface area contributed by atoms with Crippen molar-refractivity contribution in [2.24, 2.45) is 5.92 Å². The third-order valence-corrected chi connectivity index (χ3v) is 4.60. The first-order valence-electron chi connectivity index (χ1n) is 6.12. The molecule has 0 aromatic carbocycles. The zero-order valence-electron chi connectivity index (χ0n) is 10.1. The van der Waals surface area contributed by atoms with E-state index in [0.29, 0.717) is 5.92 Å². The van der Waals surface area contributed by atoms with Crippen LogP contribution in [0.25, 0.3) is 0 Å². The van der Waals surface area contributed by atoms with E-state index in [0.717, 1.165) is 48.6 Å². The van der Waals surface area contributed by atoms with Gasteiger partial charge in [0.2, 0.25) is 0 Å². The van der Waals surface area contributed by atoms with E-state index in [4.69, 9.17) is 4.74 Å². The molecule has 2 heterocycles. The summed E-state index contributed by atoms with van der Waals surface area (Å²) in [6.45, 7) is 6.06. The maximum absolute atomic E-state index is 5.34. The summed E-state index contributed by atoms with van der Waals surface area (Å²) in [5.41, 5.74) is 0. The van der Waals surface area contributed by atoms with E-state index in [1.165, 1.54) is 18.0 Å². The Morgan fingerprint density at radius 2 is 2.53 bits per heavy atom. The SMILES string of the molecule is CCc1nsc(SCCNCC2CCOC2)n1. The number of rotatable bonds is 7. The van der Waals surface area contributed by atoms with Crippen molar-refractivity contribution >= 4 is 23.3 Å². The summed E-state index contributed by atoms with van der Waals surface area (Å²) in [4.78, 5) is 4.43. The summed E-state index contributed by atoms with van der Waals surface area (Å²) < 4.78 is 10.7. The highest BCUT2D eigenvalue weighted by molar-refractivity contribution is 8.00. The number of hydrogen-bond acceptors (Lipinski definition) is 6. The van der Waals surface area contributed by atoms with E-state index in [2.05, 4.69) is 21.6 Å². The predicted molar refractivity (Wildman–Crippen MR) is 71.8 cm³/mol. The van der Waals surface area contributed by atoms with Crippen molar-refractivity contribution in [1.29, 1.82) is 0 Å². The monoisotopic (exact) mass is 273 g/mol. The van der Waals surface area contributed by atoms with Crippen LogP contribution in [0.4, 0.5) is 0 Å². The van der Waals surface area contributed by atoms with Crippen LogP contribution in [-0.4, -0.2) is 41.4 Å². The molecule has 4 nitrogen and oxygen atoms in total. The maximum atomic E-state index is 5.34. The first-order valence-corrected chi connectivity index (χ1v) is 7.88. The molecule has 96 valence electrons. The largest absolute Gasteiger partial charge is 0.381 e. The molecule has 2 rings (SSSR count). The zero-order valence-corrected chi connectivity index (χ0v) is 11.8. The number of ether oxygens (including phenoxy) is 1. The van der Waals surface area contributed by atoms with Crippen molar-refractivity contribution in [3.05, 3.63) is 5.82 Å². The van der Waals surface area contributed by atoms with E-state index in [1.54, 1.807) is 11.8 Å². The highest BCUT2D eigenvalue weighted by atomic mass is 32.2. The molecular formula is C11H19N3OS2. The van der Waals surface area contributed by atoms with Crippen molar-refractivity contribution in [1.82, 2.24) is 14.7 Å². The van der Waals surface area contributed by atoms with Crippen LogP contribution < -0.4 is 5.32 Å². The molecule has 1 saturated heterocycles. The van der Waals surface area contributed by atoms with E-state index < -0.39 is 0 Å². The van der Waals surface area contributed by atoms with Crippen LogP contribution in [0.15, 0.2) is 4.34 Å². The van der Waals surface area contributed by atoms with Crippen LogP contribution >= 0.6 is 23.3 Å². The molecule has 0 bridgehead atoms. The van der Waals surface area contributed by atoms with Gasteiger partial charge in [0.1, 0.15) is 5.82 Å². The molecule has 1 unspecified atom stereocenters. The van der Waals surface area contributed by atoms with E-state index >= 15 is 0 Å². The molecule has 6 heteroatoms. The van der Waals surface area contributed by atoms with Gasteiger partial charge in [-0.25, -0.2) is 4.98 Å². The number of hydrogen-bond donors (Lipinski definition) is 1. The van der Waals surface area contributed by atoms with Gasteiger partial charge in [-0.05, 0) is 23.9 Å². The summed E-state index contributed by atoms with van der Waals surface area (Å²) in [6.07, 6.45) is 2.13. The molecule has 0 amide bonds. The quantitative estimate of drug-likeness (QED) is 0.606. The minimum absolute atomic E-state index is 0.716. The lowest BCUT2D eigenvalue weighted by molar-refractivity contribution is 0.185. The fourth-order valence-corrected chi connectivity index (χ4v) is 3.36. The smallest absolute Gasteiger partial charge is 0.170 e. The van der Waals surface area contributed by atoms with Gasteiger partial charge in [0.15, 0.2) is 4.34 Å². The molecule has 1 aliphatic heterocycles. The van der Waals surface area contributed by atoms with Gasteiger partial charge < -0.3 is 10.1 Å². The number of nitrogens with one attached hydrogen (secondary N) is 1. The summed E-state index contributed by atoms with van der Waals surface area (Å²) in [5, 5.41) is 3.47. The van der Waals surface area contributed by atoms with Crippen LogP contribution in [0.2, 0.25) is 0 Å². The van der Waals surface area contributed by atoms with Crippen LogP contribution in [0.5, 0.6) is 0 Å². The topological polar surface area (TPSA) is 47.0 Å². The molecule has 1 N–H and O–H groups in total. The summed E-state index contributed by atoms with van der Waals surface area (Å²) in [7, 11) is 0. The first-order chi connectivity index (χ1) is 8.38. The zero-order chi connectivity index (χ0) is 11.9. The molecule has 1 aromatic heterocycles. The standard InChI is InChI=1S/C11H19N3OS2/c1-2-10-13-11(17-14-10)16-6-4-12-7-9-3-5-15-8-9/h9,12H,2-8H2,1H3. The predicted octanol–water partition coefficient (Wildman–Crippen LogP) is 1.82. The number of aryl methyl sites for hydroxylation is 1. The Balaban J connectivity index is 1.53. The maximum Gasteiger partial charge on any atom is 0.170 e. The Morgan fingerprint density at radius 3 is 3.24 bits per heavy atom. The van der Waals surface area contributed by atoms with Gasteiger partial charge in [-0.1, -0.05) is 18.7 Å². The molecule has 1 aliphatic rings. The third kappa shape index (κ3) is 4.54. The van der Waals surface area contributed by atoms with Gasteiger partial charge in [-0.2, -0.15) is 4.37 Å². The molecule has 1 atom stereocenters. The molecule has 0 radical (unpaired) electrons. The fourth-order valence-electron chi connectivity index (χ4n) is 1.70. The van der Waals surface area contributed by atoms with Gasteiger partial charge in [-0.3, -0.25) is 0 Å². The second kappa shape index (κ2) is 7.31. The molecule has 1 fully saturated rings. The summed E-state index contributed by atoms with van der Waals surface area (Å²) in [6, 6.07) is 0. The van der Waals surface area contributed by atoms with Crippen LogP contribution in [0, 0.1) is 5.92 Å². The van der Waals surface area contributed by atoms with Crippen LogP contribution in [0.1, 0.15) is 19.2 Å². The molecule has 0 aliphatic carbocycles. The fraction of sp³-hybridized carbons (Fsp3) is 0.818. The summed E-state index contributed by atoms with van der Waals surface area (Å²) >= 11 is 3.30. The Kier molecular flexibility index (Phi) is 5.70. The third-order valence-electron chi connectivity index (χ3n) is 2.73.